The van der Waals surface area contributed by atoms with Gasteiger partial charge in [0.15, 0.2) is 17.5 Å². The Hall–Kier alpha value is -4.53. The van der Waals surface area contributed by atoms with Crippen molar-refractivity contribution in [2.24, 2.45) is 0 Å². The van der Waals surface area contributed by atoms with Crippen LogP contribution in [0.3, 0.4) is 0 Å². The van der Waals surface area contributed by atoms with Crippen molar-refractivity contribution >= 4 is 0 Å². The average Bonchev–Trinajstić information content (AvgIpc) is 3.46. The van der Waals surface area contributed by atoms with E-state index in [2.05, 4.69) is 32.5 Å². The van der Waals surface area contributed by atoms with Gasteiger partial charge in [-0.2, -0.15) is 0 Å². The standard InChI is InChI=1S/C28H26FN7O/c1-3-4-11-25-23(28(37)36(18(2)31-25)27-24(29)10-7-16-30-27)17-19-12-14-20(15-13-19)21-8-5-6-9-22(21)26-32-34-35-33-26/h5-10,12-16H,3-4,11,17H2,1-2H3,(H,32,33,34,35). The third kappa shape index (κ3) is 4.93. The van der Waals surface area contributed by atoms with E-state index in [0.717, 1.165) is 40.8 Å². The van der Waals surface area contributed by atoms with Gasteiger partial charge in [0.05, 0.1) is 5.69 Å². The Morgan fingerprint density at radius 2 is 1.78 bits per heavy atom. The molecule has 186 valence electrons. The molecule has 0 bridgehead atoms. The van der Waals surface area contributed by atoms with Crippen LogP contribution in [0.25, 0.3) is 28.3 Å². The smallest absolute Gasteiger partial charge is 0.263 e. The van der Waals surface area contributed by atoms with E-state index in [1.54, 1.807) is 6.92 Å². The van der Waals surface area contributed by atoms with Gasteiger partial charge in [-0.05, 0) is 59.0 Å². The van der Waals surface area contributed by atoms with Crippen LogP contribution in [0.15, 0.2) is 71.7 Å². The van der Waals surface area contributed by atoms with E-state index in [1.807, 2.05) is 48.5 Å². The topological polar surface area (TPSA) is 102 Å². The average molecular weight is 496 g/mol. The second-order valence-electron chi connectivity index (χ2n) is 8.81. The van der Waals surface area contributed by atoms with Crippen molar-refractivity contribution in [3.63, 3.8) is 0 Å². The summed E-state index contributed by atoms with van der Waals surface area (Å²) in [7, 11) is 0. The Kier molecular flexibility index (Phi) is 6.93. The van der Waals surface area contributed by atoms with Crippen LogP contribution in [-0.2, 0) is 12.8 Å². The van der Waals surface area contributed by atoms with Crippen molar-refractivity contribution in [2.45, 2.75) is 39.5 Å². The Labute approximate surface area is 213 Å². The van der Waals surface area contributed by atoms with Crippen molar-refractivity contribution in [3.05, 3.63) is 106 Å². The molecule has 5 rings (SSSR count). The van der Waals surface area contributed by atoms with Gasteiger partial charge in [-0.1, -0.05) is 61.9 Å². The number of nitrogens with one attached hydrogen (secondary N) is 1. The highest BCUT2D eigenvalue weighted by molar-refractivity contribution is 5.80. The zero-order chi connectivity index (χ0) is 25.8. The molecule has 0 saturated heterocycles. The summed E-state index contributed by atoms with van der Waals surface area (Å²) in [5.74, 6) is 0.418. The van der Waals surface area contributed by atoms with Gasteiger partial charge in [-0.15, -0.1) is 5.10 Å². The molecule has 1 N–H and O–H groups in total. The molecule has 37 heavy (non-hydrogen) atoms. The number of aryl methyl sites for hydroxylation is 2. The normalized spacial score (nSPS) is 11.1. The van der Waals surface area contributed by atoms with Crippen molar-refractivity contribution in [3.8, 4) is 28.3 Å². The lowest BCUT2D eigenvalue weighted by Gasteiger charge is -2.15. The molecule has 8 nitrogen and oxygen atoms in total. The number of pyridine rings is 1. The highest BCUT2D eigenvalue weighted by Crippen LogP contribution is 2.30. The molecular weight excluding hydrogens is 469 g/mol. The zero-order valence-corrected chi connectivity index (χ0v) is 20.6. The molecule has 0 amide bonds. The van der Waals surface area contributed by atoms with Crippen LogP contribution in [0, 0.1) is 12.7 Å². The summed E-state index contributed by atoms with van der Waals surface area (Å²) in [6.45, 7) is 3.81. The number of nitrogens with zero attached hydrogens (tertiary/aromatic N) is 6. The predicted molar refractivity (Wildman–Crippen MR) is 139 cm³/mol. The Bertz CT molecular complexity index is 1580. The van der Waals surface area contributed by atoms with Gasteiger partial charge in [0.25, 0.3) is 5.56 Å². The quantitative estimate of drug-likeness (QED) is 0.330. The number of rotatable bonds is 8. The lowest BCUT2D eigenvalue weighted by atomic mass is 9.96. The van der Waals surface area contributed by atoms with Crippen molar-refractivity contribution < 1.29 is 4.39 Å². The maximum absolute atomic E-state index is 14.6. The van der Waals surface area contributed by atoms with Crippen LogP contribution in [0.2, 0.25) is 0 Å². The number of hydrogen-bond acceptors (Lipinski definition) is 6. The number of H-pyrrole nitrogens is 1. The summed E-state index contributed by atoms with van der Waals surface area (Å²) in [6.07, 6.45) is 4.43. The molecule has 0 radical (unpaired) electrons. The Balaban J connectivity index is 1.53. The number of tetrazole rings is 1. The number of aromatic nitrogens is 7. The lowest BCUT2D eigenvalue weighted by Crippen LogP contribution is -2.29. The van der Waals surface area contributed by atoms with E-state index in [0.29, 0.717) is 30.1 Å². The SMILES string of the molecule is CCCCc1nc(C)n(-c2ncccc2F)c(=O)c1Cc1ccc(-c2ccccc2-c2nnn[nH]2)cc1. The first-order valence-electron chi connectivity index (χ1n) is 12.2. The number of unbranched alkanes of at least 4 members (excludes halogenated alkanes) is 1. The highest BCUT2D eigenvalue weighted by atomic mass is 19.1. The van der Waals surface area contributed by atoms with Crippen LogP contribution in [0.5, 0.6) is 0 Å². The molecule has 5 aromatic rings. The molecule has 0 aliphatic carbocycles. The largest absolute Gasteiger partial charge is 0.268 e. The summed E-state index contributed by atoms with van der Waals surface area (Å²) in [6, 6.07) is 18.7. The minimum atomic E-state index is -0.563. The van der Waals surface area contributed by atoms with Gasteiger partial charge in [-0.25, -0.2) is 24.0 Å². The molecule has 9 heteroatoms. The molecule has 3 heterocycles. The molecule has 0 atom stereocenters. The second-order valence-corrected chi connectivity index (χ2v) is 8.81. The predicted octanol–water partition coefficient (Wildman–Crippen LogP) is 4.86. The molecule has 0 aliphatic heterocycles. The number of benzene rings is 2. The van der Waals surface area contributed by atoms with E-state index in [-0.39, 0.29) is 11.4 Å². The second kappa shape index (κ2) is 10.6. The molecule has 2 aromatic carbocycles. The van der Waals surface area contributed by atoms with Crippen molar-refractivity contribution in [1.29, 1.82) is 0 Å². The third-order valence-electron chi connectivity index (χ3n) is 6.32. The molecule has 0 saturated carbocycles. The van der Waals surface area contributed by atoms with E-state index in [9.17, 15) is 9.18 Å². The first-order valence-corrected chi connectivity index (χ1v) is 12.2. The van der Waals surface area contributed by atoms with Crippen LogP contribution >= 0.6 is 0 Å². The summed E-state index contributed by atoms with van der Waals surface area (Å²) in [5, 5.41) is 14.2. The molecule has 3 aromatic heterocycles. The van der Waals surface area contributed by atoms with E-state index >= 15 is 0 Å². The number of halogens is 1. The third-order valence-corrected chi connectivity index (χ3v) is 6.32. The Morgan fingerprint density at radius 3 is 2.49 bits per heavy atom. The fourth-order valence-corrected chi connectivity index (χ4v) is 4.46. The van der Waals surface area contributed by atoms with Gasteiger partial charge in [0.1, 0.15) is 5.82 Å². The van der Waals surface area contributed by atoms with Gasteiger partial charge < -0.3 is 0 Å². The minimum absolute atomic E-state index is 0.0327. The first kappa shape index (κ1) is 24.2. The van der Waals surface area contributed by atoms with Gasteiger partial charge >= 0.3 is 0 Å². The van der Waals surface area contributed by atoms with Crippen LogP contribution < -0.4 is 5.56 Å². The van der Waals surface area contributed by atoms with Gasteiger partial charge in [0.2, 0.25) is 0 Å². The molecule has 0 spiro atoms. The minimum Gasteiger partial charge on any atom is -0.268 e. The monoisotopic (exact) mass is 495 g/mol. The number of aromatic amines is 1. The maximum atomic E-state index is 14.6. The molecule has 0 fully saturated rings. The summed E-state index contributed by atoms with van der Waals surface area (Å²) in [4.78, 5) is 22.5. The zero-order valence-electron chi connectivity index (χ0n) is 20.6. The van der Waals surface area contributed by atoms with Gasteiger partial charge in [0, 0.05) is 23.7 Å². The summed E-state index contributed by atoms with van der Waals surface area (Å²) < 4.78 is 15.8. The highest BCUT2D eigenvalue weighted by Gasteiger charge is 2.19. The summed E-state index contributed by atoms with van der Waals surface area (Å²) >= 11 is 0. The van der Waals surface area contributed by atoms with E-state index < -0.39 is 5.82 Å². The molecular formula is C28H26FN7O. The Morgan fingerprint density at radius 1 is 1.00 bits per heavy atom. The van der Waals surface area contributed by atoms with E-state index in [4.69, 9.17) is 4.98 Å². The lowest BCUT2D eigenvalue weighted by molar-refractivity contribution is 0.600. The van der Waals surface area contributed by atoms with Crippen molar-refractivity contribution in [2.75, 3.05) is 0 Å². The number of hydrogen-bond donors (Lipinski definition) is 1. The molecule has 0 aliphatic rings. The van der Waals surface area contributed by atoms with Crippen LogP contribution in [-0.4, -0.2) is 35.2 Å². The van der Waals surface area contributed by atoms with E-state index in [1.165, 1.54) is 22.9 Å². The van der Waals surface area contributed by atoms with Crippen LogP contribution in [0.1, 0.15) is 42.4 Å². The van der Waals surface area contributed by atoms with Crippen LogP contribution in [0.4, 0.5) is 4.39 Å². The summed E-state index contributed by atoms with van der Waals surface area (Å²) in [5.41, 5.74) is 4.86. The fourth-order valence-electron chi connectivity index (χ4n) is 4.46. The fraction of sp³-hybridized carbons (Fsp3) is 0.214. The van der Waals surface area contributed by atoms with Crippen molar-refractivity contribution in [1.82, 2.24) is 35.2 Å². The maximum Gasteiger partial charge on any atom is 0.263 e. The van der Waals surface area contributed by atoms with Gasteiger partial charge in [-0.3, -0.25) is 4.79 Å². The first-order chi connectivity index (χ1) is 18.1. The molecule has 0 unspecified atom stereocenters.